The zero-order chi connectivity index (χ0) is 23.8. The number of aryl methyl sites for hydroxylation is 2. The Hall–Kier alpha value is -2.18. The number of methoxy groups -OCH3 is 1. The Bertz CT molecular complexity index is 1190. The van der Waals surface area contributed by atoms with Crippen molar-refractivity contribution >= 4 is 31.0 Å². The Labute approximate surface area is 197 Å². The van der Waals surface area contributed by atoms with Gasteiger partial charge < -0.3 is 13.7 Å². The van der Waals surface area contributed by atoms with Crippen molar-refractivity contribution < 1.29 is 9.16 Å². The van der Waals surface area contributed by atoms with Gasteiger partial charge in [-0.25, -0.2) is 0 Å². The van der Waals surface area contributed by atoms with Crippen LogP contribution < -0.4 is 14.7 Å². The lowest BCUT2D eigenvalue weighted by atomic mass is 10.0. The van der Waals surface area contributed by atoms with Crippen LogP contribution in [0.3, 0.4) is 0 Å². The average molecular weight is 470 g/mol. The van der Waals surface area contributed by atoms with Gasteiger partial charge in [0.25, 0.3) is 5.56 Å². The van der Waals surface area contributed by atoms with E-state index in [2.05, 4.69) is 72.0 Å². The highest BCUT2D eigenvalue weighted by Crippen LogP contribution is 2.37. The summed E-state index contributed by atoms with van der Waals surface area (Å²) in [6.07, 6.45) is 1.92. The first-order valence-corrected chi connectivity index (χ1v) is 15.1. The SMILES string of the molecule is COc1c(SC)c(=O)n(Cc2ccc(O[Si](C)(C)C(C)(C)C)cc2)c2cc(C)c(C)cc12. The molecule has 0 saturated heterocycles. The molecule has 0 N–H and O–H groups in total. The summed E-state index contributed by atoms with van der Waals surface area (Å²) < 4.78 is 13.9. The number of benzene rings is 2. The Morgan fingerprint density at radius 3 is 2.16 bits per heavy atom. The van der Waals surface area contributed by atoms with E-state index in [0.29, 0.717) is 17.2 Å². The molecule has 0 atom stereocenters. The molecule has 32 heavy (non-hydrogen) atoms. The maximum atomic E-state index is 13.4. The highest BCUT2D eigenvalue weighted by molar-refractivity contribution is 7.98. The van der Waals surface area contributed by atoms with Gasteiger partial charge in [-0.3, -0.25) is 4.79 Å². The highest BCUT2D eigenvalue weighted by atomic mass is 32.2. The number of nitrogens with zero attached hydrogens (tertiary/aromatic N) is 1. The van der Waals surface area contributed by atoms with E-state index in [0.717, 1.165) is 27.8 Å². The van der Waals surface area contributed by atoms with Crippen molar-refractivity contribution in [1.82, 2.24) is 4.57 Å². The summed E-state index contributed by atoms with van der Waals surface area (Å²) in [6.45, 7) is 15.9. The predicted molar refractivity (Wildman–Crippen MR) is 139 cm³/mol. The number of rotatable bonds is 6. The van der Waals surface area contributed by atoms with E-state index >= 15 is 0 Å². The zero-order valence-electron chi connectivity index (χ0n) is 20.8. The fourth-order valence-corrected chi connectivity index (χ4v) is 5.19. The Kier molecular flexibility index (Phi) is 6.87. The van der Waals surface area contributed by atoms with E-state index in [1.807, 2.05) is 23.0 Å². The van der Waals surface area contributed by atoms with Gasteiger partial charge in [0.1, 0.15) is 16.4 Å². The van der Waals surface area contributed by atoms with Gasteiger partial charge in [-0.1, -0.05) is 32.9 Å². The molecule has 0 bridgehead atoms. The molecule has 0 unspecified atom stereocenters. The third-order valence-corrected chi connectivity index (χ3v) is 11.8. The van der Waals surface area contributed by atoms with Crippen molar-refractivity contribution in [2.75, 3.05) is 13.4 Å². The lowest BCUT2D eigenvalue weighted by Crippen LogP contribution is -2.43. The van der Waals surface area contributed by atoms with Gasteiger partial charge in [0.05, 0.1) is 19.2 Å². The summed E-state index contributed by atoms with van der Waals surface area (Å²) >= 11 is 1.43. The van der Waals surface area contributed by atoms with Crippen LogP contribution in [-0.2, 0) is 6.54 Å². The Morgan fingerprint density at radius 1 is 1.03 bits per heavy atom. The summed E-state index contributed by atoms with van der Waals surface area (Å²) in [4.78, 5) is 14.0. The molecule has 3 aromatic rings. The molecule has 2 aromatic carbocycles. The molecule has 0 radical (unpaired) electrons. The van der Waals surface area contributed by atoms with Crippen molar-refractivity contribution in [2.45, 2.75) is 64.2 Å². The number of aromatic nitrogens is 1. The van der Waals surface area contributed by atoms with Gasteiger partial charge in [0, 0.05) is 5.39 Å². The molecule has 0 spiro atoms. The second-order valence-electron chi connectivity index (χ2n) is 9.92. The lowest BCUT2D eigenvalue weighted by Gasteiger charge is -2.36. The van der Waals surface area contributed by atoms with Crippen molar-refractivity contribution in [3.05, 3.63) is 63.4 Å². The predicted octanol–water partition coefficient (Wildman–Crippen LogP) is 6.78. The largest absolute Gasteiger partial charge is 0.544 e. The van der Waals surface area contributed by atoms with Crippen LogP contribution in [0.25, 0.3) is 10.9 Å². The van der Waals surface area contributed by atoms with Crippen LogP contribution in [-0.4, -0.2) is 26.3 Å². The van der Waals surface area contributed by atoms with Gasteiger partial charge in [-0.2, -0.15) is 0 Å². The van der Waals surface area contributed by atoms with Crippen LogP contribution in [0.4, 0.5) is 0 Å². The van der Waals surface area contributed by atoms with Gasteiger partial charge in [-0.05, 0) is 79.2 Å². The number of hydrogen-bond donors (Lipinski definition) is 0. The van der Waals surface area contributed by atoms with Crippen LogP contribution >= 0.6 is 11.8 Å². The Balaban J connectivity index is 2.05. The summed E-state index contributed by atoms with van der Waals surface area (Å²) in [5.41, 5.74) is 4.27. The Morgan fingerprint density at radius 2 is 1.62 bits per heavy atom. The second-order valence-corrected chi connectivity index (χ2v) is 15.5. The topological polar surface area (TPSA) is 40.5 Å². The molecule has 1 aromatic heterocycles. The van der Waals surface area contributed by atoms with Crippen LogP contribution in [0, 0.1) is 13.8 Å². The molecular weight excluding hydrogens is 434 g/mol. The average Bonchev–Trinajstić information content (AvgIpc) is 2.71. The van der Waals surface area contributed by atoms with Crippen molar-refractivity contribution in [1.29, 1.82) is 0 Å². The van der Waals surface area contributed by atoms with Gasteiger partial charge in [-0.15, -0.1) is 11.8 Å². The third-order valence-electron chi connectivity index (χ3n) is 6.64. The smallest absolute Gasteiger partial charge is 0.268 e. The van der Waals surface area contributed by atoms with Gasteiger partial charge >= 0.3 is 0 Å². The van der Waals surface area contributed by atoms with Crippen molar-refractivity contribution in [3.63, 3.8) is 0 Å². The number of thioether (sulfide) groups is 1. The number of hydrogen-bond acceptors (Lipinski definition) is 4. The van der Waals surface area contributed by atoms with Crippen molar-refractivity contribution in [2.24, 2.45) is 0 Å². The van der Waals surface area contributed by atoms with E-state index in [4.69, 9.17) is 9.16 Å². The van der Waals surface area contributed by atoms with Gasteiger partial charge in [0.15, 0.2) is 0 Å². The molecule has 6 heteroatoms. The highest BCUT2D eigenvalue weighted by Gasteiger charge is 2.38. The first-order chi connectivity index (χ1) is 14.9. The molecular formula is C26H35NO3SSi. The molecule has 0 aliphatic rings. The van der Waals surface area contributed by atoms with E-state index in [1.165, 1.54) is 17.3 Å². The lowest BCUT2D eigenvalue weighted by molar-refractivity contribution is 0.407. The van der Waals surface area contributed by atoms with Crippen molar-refractivity contribution in [3.8, 4) is 11.5 Å². The monoisotopic (exact) mass is 469 g/mol. The first-order valence-electron chi connectivity index (χ1n) is 10.9. The third kappa shape index (κ3) is 4.62. The maximum absolute atomic E-state index is 13.4. The summed E-state index contributed by atoms with van der Waals surface area (Å²) in [5, 5.41) is 1.11. The molecule has 0 fully saturated rings. The quantitative estimate of drug-likeness (QED) is 0.295. The summed E-state index contributed by atoms with van der Waals surface area (Å²) in [6, 6.07) is 12.4. The van der Waals surface area contributed by atoms with Crippen LogP contribution in [0.5, 0.6) is 11.5 Å². The van der Waals surface area contributed by atoms with E-state index in [1.54, 1.807) is 7.11 Å². The van der Waals surface area contributed by atoms with Crippen LogP contribution in [0.15, 0.2) is 46.1 Å². The minimum absolute atomic E-state index is 0.0216. The standard InChI is InChI=1S/C26H35NO3SSi/c1-17-14-21-22(15-18(17)2)27(25(28)24(31-7)23(21)29-6)16-19-10-12-20(13-11-19)30-32(8,9)26(3,4)5/h10-15H,16H2,1-9H3. The number of pyridine rings is 1. The van der Waals surface area contributed by atoms with E-state index < -0.39 is 8.32 Å². The fourth-order valence-electron chi connectivity index (χ4n) is 3.49. The second kappa shape index (κ2) is 8.98. The van der Waals surface area contributed by atoms with Crippen LogP contribution in [0.2, 0.25) is 18.1 Å². The minimum atomic E-state index is -1.89. The first kappa shape index (κ1) is 24.5. The molecule has 0 saturated carbocycles. The molecule has 3 rings (SSSR count). The number of fused-ring (bicyclic) bond motifs is 1. The minimum Gasteiger partial charge on any atom is -0.544 e. The normalized spacial score (nSPS) is 12.3. The van der Waals surface area contributed by atoms with Gasteiger partial charge in [0.2, 0.25) is 8.32 Å². The molecule has 4 nitrogen and oxygen atoms in total. The molecule has 0 amide bonds. The summed E-state index contributed by atoms with van der Waals surface area (Å²) in [5.74, 6) is 1.55. The van der Waals surface area contributed by atoms with E-state index in [-0.39, 0.29) is 10.6 Å². The molecule has 1 heterocycles. The molecule has 0 aliphatic carbocycles. The zero-order valence-corrected chi connectivity index (χ0v) is 22.6. The molecule has 172 valence electrons. The maximum Gasteiger partial charge on any atom is 0.268 e. The summed E-state index contributed by atoms with van der Waals surface area (Å²) in [7, 11) is -0.255. The van der Waals surface area contributed by atoms with E-state index in [9.17, 15) is 4.79 Å². The number of ether oxygens (including phenoxy) is 1. The molecule has 0 aliphatic heterocycles. The fraction of sp³-hybridized carbons (Fsp3) is 0.423. The van der Waals surface area contributed by atoms with Crippen LogP contribution in [0.1, 0.15) is 37.5 Å².